The van der Waals surface area contributed by atoms with Crippen molar-refractivity contribution >= 4 is 5.97 Å². The van der Waals surface area contributed by atoms with E-state index in [4.69, 9.17) is 5.11 Å². The van der Waals surface area contributed by atoms with Crippen LogP contribution in [-0.2, 0) is 11.3 Å². The minimum atomic E-state index is -0.730. The molecule has 0 atom stereocenters. The second-order valence-corrected chi connectivity index (χ2v) is 6.10. The van der Waals surface area contributed by atoms with Gasteiger partial charge in [0.2, 0.25) is 0 Å². The number of aliphatic carboxylic acids is 1. The zero-order valence-electron chi connectivity index (χ0n) is 12.7. The van der Waals surface area contributed by atoms with Gasteiger partial charge in [-0.05, 0) is 64.4 Å². The molecule has 0 aliphatic rings. The summed E-state index contributed by atoms with van der Waals surface area (Å²) in [6.45, 7) is 9.42. The number of nitrogens with zero attached hydrogens (tertiary/aromatic N) is 1. The van der Waals surface area contributed by atoms with Crippen LogP contribution in [0.1, 0.15) is 37.0 Å². The van der Waals surface area contributed by atoms with Gasteiger partial charge in [0.1, 0.15) is 0 Å². The Morgan fingerprint density at radius 2 is 1.89 bits per heavy atom. The summed E-state index contributed by atoms with van der Waals surface area (Å²) >= 11 is 0. The Kier molecular flexibility index (Phi) is 5.12. The fourth-order valence-electron chi connectivity index (χ4n) is 1.87. The Balaban J connectivity index is 2.53. The van der Waals surface area contributed by atoms with Gasteiger partial charge in [0, 0.05) is 6.54 Å². The van der Waals surface area contributed by atoms with E-state index in [1.807, 2.05) is 7.05 Å². The number of aryl methyl sites for hydroxylation is 2. The summed E-state index contributed by atoms with van der Waals surface area (Å²) in [5.74, 6) is -0.730. The minimum absolute atomic E-state index is 0.655. The summed E-state index contributed by atoms with van der Waals surface area (Å²) < 4.78 is 0. The third-order valence-corrected chi connectivity index (χ3v) is 3.72. The van der Waals surface area contributed by atoms with E-state index in [2.05, 4.69) is 36.9 Å². The Morgan fingerprint density at radius 1 is 1.26 bits per heavy atom. The molecule has 1 aromatic rings. The van der Waals surface area contributed by atoms with Crippen LogP contribution in [0.4, 0.5) is 0 Å². The highest BCUT2D eigenvalue weighted by molar-refractivity contribution is 5.73. The second kappa shape index (κ2) is 6.20. The Bertz CT molecular complexity index is 452. The van der Waals surface area contributed by atoms with Crippen LogP contribution in [0.3, 0.4) is 0 Å². The molecule has 0 unspecified atom stereocenters. The van der Waals surface area contributed by atoms with Gasteiger partial charge in [-0.25, -0.2) is 0 Å². The Labute approximate surface area is 116 Å². The molecule has 106 valence electrons. The summed E-state index contributed by atoms with van der Waals surface area (Å²) in [5, 5.41) is 9.09. The van der Waals surface area contributed by atoms with Crippen molar-refractivity contribution in [2.75, 3.05) is 13.6 Å². The van der Waals surface area contributed by atoms with E-state index >= 15 is 0 Å². The van der Waals surface area contributed by atoms with Crippen molar-refractivity contribution in [2.45, 2.75) is 40.7 Å². The molecule has 0 amide bonds. The maximum atomic E-state index is 11.1. The second-order valence-electron chi connectivity index (χ2n) is 6.10. The first-order chi connectivity index (χ1) is 8.72. The maximum absolute atomic E-state index is 11.1. The van der Waals surface area contributed by atoms with Gasteiger partial charge >= 0.3 is 5.97 Å². The molecule has 0 radical (unpaired) electrons. The van der Waals surface area contributed by atoms with Crippen LogP contribution < -0.4 is 0 Å². The van der Waals surface area contributed by atoms with E-state index < -0.39 is 11.4 Å². The highest BCUT2D eigenvalue weighted by Crippen LogP contribution is 2.21. The van der Waals surface area contributed by atoms with E-state index in [0.717, 1.165) is 13.1 Å². The van der Waals surface area contributed by atoms with E-state index in [9.17, 15) is 4.79 Å². The minimum Gasteiger partial charge on any atom is -0.481 e. The molecule has 19 heavy (non-hydrogen) atoms. The van der Waals surface area contributed by atoms with Crippen molar-refractivity contribution in [3.63, 3.8) is 0 Å². The molecule has 0 aromatic heterocycles. The lowest BCUT2D eigenvalue weighted by Crippen LogP contribution is -2.30. The highest BCUT2D eigenvalue weighted by Gasteiger charge is 2.26. The zero-order chi connectivity index (χ0) is 14.6. The topological polar surface area (TPSA) is 40.5 Å². The molecule has 0 heterocycles. The van der Waals surface area contributed by atoms with Crippen molar-refractivity contribution in [1.82, 2.24) is 4.90 Å². The summed E-state index contributed by atoms with van der Waals surface area (Å²) in [4.78, 5) is 13.2. The van der Waals surface area contributed by atoms with Crippen LogP contribution >= 0.6 is 0 Å². The number of hydrogen-bond acceptors (Lipinski definition) is 2. The molecule has 0 spiro atoms. The molecule has 1 rings (SSSR count). The van der Waals surface area contributed by atoms with Gasteiger partial charge in [0.05, 0.1) is 5.41 Å². The van der Waals surface area contributed by atoms with Crippen molar-refractivity contribution in [3.8, 4) is 0 Å². The first kappa shape index (κ1) is 15.7. The van der Waals surface area contributed by atoms with Crippen LogP contribution in [0, 0.1) is 19.3 Å². The van der Waals surface area contributed by atoms with Crippen LogP contribution in [0.5, 0.6) is 0 Å². The van der Waals surface area contributed by atoms with Crippen molar-refractivity contribution in [2.24, 2.45) is 5.41 Å². The summed E-state index contributed by atoms with van der Waals surface area (Å²) in [5.41, 5.74) is 3.23. The Hall–Kier alpha value is -1.35. The molecule has 1 N–H and O–H groups in total. The number of hydrogen-bond donors (Lipinski definition) is 1. The quantitative estimate of drug-likeness (QED) is 0.856. The van der Waals surface area contributed by atoms with Gasteiger partial charge in [-0.3, -0.25) is 4.79 Å². The lowest BCUT2D eigenvalue weighted by atomic mass is 9.89. The van der Waals surface area contributed by atoms with E-state index in [1.54, 1.807) is 13.8 Å². The van der Waals surface area contributed by atoms with Gasteiger partial charge in [0.15, 0.2) is 0 Å². The predicted octanol–water partition coefficient (Wildman–Crippen LogP) is 3.24. The SMILES string of the molecule is Cc1ccc(CN(C)CCC(C)(C)C(=O)O)cc1C. The van der Waals surface area contributed by atoms with Crippen LogP contribution in [0.2, 0.25) is 0 Å². The number of carboxylic acids is 1. The smallest absolute Gasteiger partial charge is 0.309 e. The molecule has 0 bridgehead atoms. The zero-order valence-corrected chi connectivity index (χ0v) is 12.7. The molecular formula is C16H25NO2. The molecule has 0 fully saturated rings. The number of benzene rings is 1. The van der Waals surface area contributed by atoms with Gasteiger partial charge in [0.25, 0.3) is 0 Å². The van der Waals surface area contributed by atoms with Gasteiger partial charge in [-0.15, -0.1) is 0 Å². The van der Waals surface area contributed by atoms with Crippen molar-refractivity contribution in [3.05, 3.63) is 34.9 Å². The van der Waals surface area contributed by atoms with E-state index in [1.165, 1.54) is 16.7 Å². The molecule has 1 aromatic carbocycles. The normalized spacial score (nSPS) is 11.9. The lowest BCUT2D eigenvalue weighted by Gasteiger charge is -2.24. The lowest BCUT2D eigenvalue weighted by molar-refractivity contribution is -0.147. The van der Waals surface area contributed by atoms with Crippen LogP contribution in [-0.4, -0.2) is 29.6 Å². The average molecular weight is 263 g/mol. The first-order valence-electron chi connectivity index (χ1n) is 6.70. The molecule has 3 nitrogen and oxygen atoms in total. The van der Waals surface area contributed by atoms with Crippen LogP contribution in [0.25, 0.3) is 0 Å². The molecule has 0 saturated heterocycles. The predicted molar refractivity (Wildman–Crippen MR) is 78.3 cm³/mol. The maximum Gasteiger partial charge on any atom is 0.309 e. The fraction of sp³-hybridized carbons (Fsp3) is 0.562. The highest BCUT2D eigenvalue weighted by atomic mass is 16.4. The largest absolute Gasteiger partial charge is 0.481 e. The fourth-order valence-corrected chi connectivity index (χ4v) is 1.87. The number of carboxylic acid groups (broad SMARTS) is 1. The standard InChI is InChI=1S/C16H25NO2/c1-12-6-7-14(10-13(12)2)11-17(5)9-8-16(3,4)15(18)19/h6-7,10H,8-9,11H2,1-5H3,(H,18,19). The van der Waals surface area contributed by atoms with Gasteiger partial charge in [-0.2, -0.15) is 0 Å². The van der Waals surface area contributed by atoms with Gasteiger partial charge in [-0.1, -0.05) is 18.2 Å². The molecule has 0 aliphatic carbocycles. The third-order valence-electron chi connectivity index (χ3n) is 3.72. The molecule has 0 aliphatic heterocycles. The summed E-state index contributed by atoms with van der Waals surface area (Å²) in [7, 11) is 2.03. The first-order valence-corrected chi connectivity index (χ1v) is 6.70. The van der Waals surface area contributed by atoms with Crippen molar-refractivity contribution < 1.29 is 9.90 Å². The van der Waals surface area contributed by atoms with E-state index in [-0.39, 0.29) is 0 Å². The molecular weight excluding hydrogens is 238 g/mol. The van der Waals surface area contributed by atoms with Crippen LogP contribution in [0.15, 0.2) is 18.2 Å². The van der Waals surface area contributed by atoms with Crippen molar-refractivity contribution in [1.29, 1.82) is 0 Å². The molecule has 3 heteroatoms. The number of rotatable bonds is 6. The average Bonchev–Trinajstić information content (AvgIpc) is 2.31. The monoisotopic (exact) mass is 263 g/mol. The van der Waals surface area contributed by atoms with E-state index in [0.29, 0.717) is 6.42 Å². The number of carbonyl (C=O) groups is 1. The third kappa shape index (κ3) is 4.67. The summed E-state index contributed by atoms with van der Waals surface area (Å²) in [6, 6.07) is 6.48. The molecule has 0 saturated carbocycles. The van der Waals surface area contributed by atoms with Gasteiger partial charge < -0.3 is 10.0 Å². The Morgan fingerprint density at radius 3 is 2.42 bits per heavy atom. The summed E-state index contributed by atoms with van der Waals surface area (Å²) in [6.07, 6.45) is 0.656.